The van der Waals surface area contributed by atoms with Gasteiger partial charge in [0.2, 0.25) is 0 Å². The Morgan fingerprint density at radius 3 is 2.88 bits per heavy atom. The number of nitrogen functional groups attached to an aromatic ring is 1. The molecule has 5 heteroatoms. The molecule has 2 N–H and O–H groups in total. The minimum atomic E-state index is -0.421. The minimum absolute atomic E-state index is 0.0344. The summed E-state index contributed by atoms with van der Waals surface area (Å²) in [6.45, 7) is 3.12. The van der Waals surface area contributed by atoms with Crippen molar-refractivity contribution in [3.63, 3.8) is 0 Å². The quantitative estimate of drug-likeness (QED) is 0.629. The number of anilines is 1. The van der Waals surface area contributed by atoms with Crippen LogP contribution in [0.2, 0.25) is 0 Å². The van der Waals surface area contributed by atoms with Crippen LogP contribution >= 0.6 is 0 Å². The number of para-hydroxylation sites is 1. The van der Waals surface area contributed by atoms with Gasteiger partial charge in [-0.05, 0) is 19.1 Å². The lowest BCUT2D eigenvalue weighted by molar-refractivity contribution is -0.0796. The lowest BCUT2D eigenvalue weighted by Crippen LogP contribution is -2.39. The van der Waals surface area contributed by atoms with Gasteiger partial charge >= 0.3 is 5.97 Å². The van der Waals surface area contributed by atoms with Crippen LogP contribution in [0, 0.1) is 0 Å². The molecule has 2 rings (SSSR count). The highest BCUT2D eigenvalue weighted by Crippen LogP contribution is 2.29. The van der Waals surface area contributed by atoms with Crippen molar-refractivity contribution in [2.24, 2.45) is 0 Å². The molecule has 1 aliphatic rings. The van der Waals surface area contributed by atoms with E-state index < -0.39 is 5.97 Å². The van der Waals surface area contributed by atoms with Crippen molar-refractivity contribution < 1.29 is 19.0 Å². The molecule has 0 saturated carbocycles. The smallest absolute Gasteiger partial charge is 0.341 e. The Hall–Kier alpha value is -1.75. The fourth-order valence-electron chi connectivity index (χ4n) is 1.50. The van der Waals surface area contributed by atoms with Crippen molar-refractivity contribution in [2.45, 2.75) is 13.0 Å². The van der Waals surface area contributed by atoms with E-state index in [1.165, 1.54) is 0 Å². The topological polar surface area (TPSA) is 70.8 Å². The molecule has 0 radical (unpaired) electrons. The zero-order valence-electron chi connectivity index (χ0n) is 9.64. The fourth-order valence-corrected chi connectivity index (χ4v) is 1.50. The molecule has 1 aromatic carbocycles. The summed E-state index contributed by atoms with van der Waals surface area (Å²) in [5.41, 5.74) is 6.60. The molecule has 17 heavy (non-hydrogen) atoms. The third-order valence-electron chi connectivity index (χ3n) is 2.43. The highest BCUT2D eigenvalue weighted by Gasteiger charge is 2.24. The third-order valence-corrected chi connectivity index (χ3v) is 2.43. The Morgan fingerprint density at radius 2 is 2.29 bits per heavy atom. The first-order chi connectivity index (χ1) is 8.22. The molecule has 0 unspecified atom stereocenters. The van der Waals surface area contributed by atoms with Crippen molar-refractivity contribution in [2.75, 3.05) is 25.6 Å². The molecule has 0 aromatic heterocycles. The van der Waals surface area contributed by atoms with Gasteiger partial charge in [0, 0.05) is 0 Å². The normalized spacial score (nSPS) is 15.1. The predicted octanol–water partition coefficient (Wildman–Crippen LogP) is 1.22. The number of carbonyl (C=O) groups is 1. The van der Waals surface area contributed by atoms with Crippen LogP contribution in [0.15, 0.2) is 18.2 Å². The van der Waals surface area contributed by atoms with E-state index >= 15 is 0 Å². The maximum absolute atomic E-state index is 11.7. The average molecular weight is 237 g/mol. The van der Waals surface area contributed by atoms with E-state index in [4.69, 9.17) is 19.9 Å². The third kappa shape index (κ3) is 2.50. The summed E-state index contributed by atoms with van der Waals surface area (Å²) in [6.07, 6.45) is -0.0344. The van der Waals surface area contributed by atoms with Crippen LogP contribution in [0.4, 0.5) is 5.69 Å². The van der Waals surface area contributed by atoms with E-state index in [-0.39, 0.29) is 6.10 Å². The Morgan fingerprint density at radius 1 is 1.53 bits per heavy atom. The molecule has 1 aromatic rings. The summed E-state index contributed by atoms with van der Waals surface area (Å²) in [5, 5.41) is 0. The molecule has 0 atom stereocenters. The van der Waals surface area contributed by atoms with Crippen molar-refractivity contribution in [3.8, 4) is 5.75 Å². The second-order valence-electron chi connectivity index (χ2n) is 3.72. The van der Waals surface area contributed by atoms with E-state index in [9.17, 15) is 4.79 Å². The van der Waals surface area contributed by atoms with Crippen molar-refractivity contribution in [1.82, 2.24) is 0 Å². The first kappa shape index (κ1) is 11.7. The van der Waals surface area contributed by atoms with E-state index in [0.717, 1.165) is 0 Å². The number of rotatable bonds is 4. The monoisotopic (exact) mass is 237 g/mol. The molecule has 1 fully saturated rings. The maximum Gasteiger partial charge on any atom is 0.341 e. The predicted molar refractivity (Wildman–Crippen MR) is 62.0 cm³/mol. The van der Waals surface area contributed by atoms with Crippen molar-refractivity contribution >= 4 is 11.7 Å². The number of benzene rings is 1. The minimum Gasteiger partial charge on any atom is -0.483 e. The summed E-state index contributed by atoms with van der Waals surface area (Å²) >= 11 is 0. The van der Waals surface area contributed by atoms with Crippen LogP contribution in [-0.2, 0) is 9.47 Å². The van der Waals surface area contributed by atoms with Gasteiger partial charge in [-0.3, -0.25) is 0 Å². The molecule has 1 aliphatic heterocycles. The number of hydrogen-bond acceptors (Lipinski definition) is 5. The van der Waals surface area contributed by atoms with Crippen LogP contribution in [0.3, 0.4) is 0 Å². The Kier molecular flexibility index (Phi) is 3.49. The van der Waals surface area contributed by atoms with E-state index in [1.54, 1.807) is 25.1 Å². The van der Waals surface area contributed by atoms with Gasteiger partial charge in [-0.2, -0.15) is 0 Å². The lowest BCUT2D eigenvalue weighted by Gasteiger charge is -2.28. The standard InChI is InChI=1S/C12H15NO4/c1-2-16-12(14)9-4-3-5-10(13)11(9)17-8-6-15-7-8/h3-5,8H,2,6-7,13H2,1H3. The number of nitrogens with two attached hydrogens (primary N) is 1. The van der Waals surface area contributed by atoms with Crippen LogP contribution in [0.5, 0.6) is 5.75 Å². The number of esters is 1. The summed E-state index contributed by atoms with van der Waals surface area (Å²) in [7, 11) is 0. The van der Waals surface area contributed by atoms with Gasteiger partial charge in [0.1, 0.15) is 11.7 Å². The summed E-state index contributed by atoms with van der Waals surface area (Å²) in [4.78, 5) is 11.7. The van der Waals surface area contributed by atoms with E-state index in [0.29, 0.717) is 36.8 Å². The molecule has 5 nitrogen and oxygen atoms in total. The molecule has 0 amide bonds. The zero-order chi connectivity index (χ0) is 12.3. The van der Waals surface area contributed by atoms with Gasteiger partial charge in [0.25, 0.3) is 0 Å². The Balaban J connectivity index is 2.23. The first-order valence-electron chi connectivity index (χ1n) is 5.52. The van der Waals surface area contributed by atoms with Gasteiger partial charge < -0.3 is 19.9 Å². The largest absolute Gasteiger partial charge is 0.483 e. The van der Waals surface area contributed by atoms with Gasteiger partial charge in [-0.25, -0.2) is 4.79 Å². The molecule has 0 bridgehead atoms. The van der Waals surface area contributed by atoms with Crippen molar-refractivity contribution in [1.29, 1.82) is 0 Å². The van der Waals surface area contributed by atoms with Crippen LogP contribution in [0.1, 0.15) is 17.3 Å². The lowest BCUT2D eigenvalue weighted by atomic mass is 10.1. The maximum atomic E-state index is 11.7. The van der Waals surface area contributed by atoms with Gasteiger partial charge in [0.05, 0.1) is 25.5 Å². The van der Waals surface area contributed by atoms with Gasteiger partial charge in [-0.15, -0.1) is 0 Å². The van der Waals surface area contributed by atoms with Gasteiger partial charge in [0.15, 0.2) is 5.75 Å². The number of hydrogen-bond donors (Lipinski definition) is 1. The summed E-state index contributed by atoms with van der Waals surface area (Å²) < 4.78 is 15.6. The fraction of sp³-hybridized carbons (Fsp3) is 0.417. The van der Waals surface area contributed by atoms with Crippen LogP contribution in [0.25, 0.3) is 0 Å². The molecule has 0 spiro atoms. The average Bonchev–Trinajstić information content (AvgIpc) is 2.25. The number of carbonyl (C=O) groups excluding carboxylic acids is 1. The summed E-state index contributed by atoms with van der Waals surface area (Å²) in [6, 6.07) is 5.03. The zero-order valence-corrected chi connectivity index (χ0v) is 9.64. The van der Waals surface area contributed by atoms with Crippen LogP contribution in [-0.4, -0.2) is 31.9 Å². The van der Waals surface area contributed by atoms with E-state index in [2.05, 4.69) is 0 Å². The van der Waals surface area contributed by atoms with Crippen LogP contribution < -0.4 is 10.5 Å². The molecular weight excluding hydrogens is 222 g/mol. The molecular formula is C12H15NO4. The first-order valence-corrected chi connectivity index (χ1v) is 5.52. The SMILES string of the molecule is CCOC(=O)c1cccc(N)c1OC1COC1. The highest BCUT2D eigenvalue weighted by molar-refractivity contribution is 5.94. The molecule has 1 saturated heterocycles. The van der Waals surface area contributed by atoms with Crippen molar-refractivity contribution in [3.05, 3.63) is 23.8 Å². The second-order valence-corrected chi connectivity index (χ2v) is 3.72. The Bertz CT molecular complexity index is 415. The van der Waals surface area contributed by atoms with E-state index in [1.807, 2.05) is 0 Å². The molecule has 1 heterocycles. The van der Waals surface area contributed by atoms with Gasteiger partial charge in [-0.1, -0.05) is 6.07 Å². The second kappa shape index (κ2) is 5.05. The molecule has 92 valence electrons. The number of ether oxygens (including phenoxy) is 3. The highest BCUT2D eigenvalue weighted by atomic mass is 16.6. The Labute approximate surface area is 99.5 Å². The molecule has 0 aliphatic carbocycles. The summed E-state index contributed by atoms with van der Waals surface area (Å²) in [5.74, 6) is -0.0331.